The molecular formula is C25H27ClN6O2S2. The lowest BCUT2D eigenvalue weighted by Crippen LogP contribution is -2.41. The number of piperidine rings is 1. The van der Waals surface area contributed by atoms with Crippen molar-refractivity contribution in [3.05, 3.63) is 75.2 Å². The number of hydrogen-bond acceptors (Lipinski definition) is 6. The summed E-state index contributed by atoms with van der Waals surface area (Å²) in [6.07, 6.45) is 1.78. The van der Waals surface area contributed by atoms with Crippen LogP contribution in [0, 0.1) is 0 Å². The van der Waals surface area contributed by atoms with Crippen LogP contribution in [-0.2, 0) is 0 Å². The van der Waals surface area contributed by atoms with Gasteiger partial charge in [0.1, 0.15) is 5.69 Å². The Labute approximate surface area is 224 Å². The summed E-state index contributed by atoms with van der Waals surface area (Å²) in [4.78, 5) is 33.4. The lowest BCUT2D eigenvalue weighted by molar-refractivity contribution is 0.0844. The number of amides is 2. The van der Waals surface area contributed by atoms with E-state index in [1.165, 1.54) is 17.4 Å². The van der Waals surface area contributed by atoms with Gasteiger partial charge in [0, 0.05) is 60.4 Å². The van der Waals surface area contributed by atoms with Gasteiger partial charge in [0.05, 0.1) is 5.01 Å². The summed E-state index contributed by atoms with van der Waals surface area (Å²) in [5.74, 6) is -0.654. The van der Waals surface area contributed by atoms with E-state index in [9.17, 15) is 9.59 Å². The van der Waals surface area contributed by atoms with Crippen LogP contribution in [0.1, 0.15) is 44.6 Å². The van der Waals surface area contributed by atoms with Crippen LogP contribution in [0.25, 0.3) is 0 Å². The van der Waals surface area contributed by atoms with Gasteiger partial charge in [0.15, 0.2) is 5.11 Å². The van der Waals surface area contributed by atoms with Gasteiger partial charge in [-0.05, 0) is 67.5 Å². The molecule has 8 nitrogen and oxygen atoms in total. The van der Waals surface area contributed by atoms with Gasteiger partial charge in [-0.25, -0.2) is 4.98 Å². The first-order valence-electron chi connectivity index (χ1n) is 11.4. The second kappa shape index (κ2) is 11.7. The highest BCUT2D eigenvalue weighted by Crippen LogP contribution is 2.30. The van der Waals surface area contributed by atoms with E-state index in [1.807, 2.05) is 26.2 Å². The number of halogens is 1. The van der Waals surface area contributed by atoms with E-state index in [0.29, 0.717) is 15.7 Å². The molecule has 0 radical (unpaired) electrons. The van der Waals surface area contributed by atoms with Gasteiger partial charge in [-0.3, -0.25) is 20.4 Å². The predicted octanol–water partition coefficient (Wildman–Crippen LogP) is 4.51. The zero-order chi connectivity index (χ0) is 25.7. The average molecular weight is 543 g/mol. The van der Waals surface area contributed by atoms with E-state index in [2.05, 4.69) is 43.1 Å². The number of nitrogens with one attached hydrogen (secondary N) is 3. The summed E-state index contributed by atoms with van der Waals surface area (Å²) < 4.78 is 0. The summed E-state index contributed by atoms with van der Waals surface area (Å²) in [5.41, 5.74) is 7.54. The molecule has 3 aromatic rings. The van der Waals surface area contributed by atoms with Crippen LogP contribution >= 0.6 is 35.2 Å². The fourth-order valence-electron chi connectivity index (χ4n) is 3.83. The van der Waals surface area contributed by atoms with Gasteiger partial charge >= 0.3 is 0 Å². The highest BCUT2D eigenvalue weighted by molar-refractivity contribution is 7.80. The smallest absolute Gasteiger partial charge is 0.289 e. The molecule has 0 unspecified atom stereocenters. The van der Waals surface area contributed by atoms with Crippen molar-refractivity contribution >= 4 is 63.5 Å². The van der Waals surface area contributed by atoms with Crippen LogP contribution in [0.15, 0.2) is 53.9 Å². The molecule has 0 atom stereocenters. The number of rotatable bonds is 5. The molecule has 1 aliphatic heterocycles. The lowest BCUT2D eigenvalue weighted by Gasteiger charge is -2.33. The molecular weight excluding hydrogens is 516 g/mol. The summed E-state index contributed by atoms with van der Waals surface area (Å²) >= 11 is 13.0. The Morgan fingerprint density at radius 3 is 2.44 bits per heavy atom. The third-order valence-electron chi connectivity index (χ3n) is 5.90. The summed E-state index contributed by atoms with van der Waals surface area (Å²) in [7, 11) is 4.02. The summed E-state index contributed by atoms with van der Waals surface area (Å²) in [6, 6.07) is 14.6. The molecule has 0 bridgehead atoms. The van der Waals surface area contributed by atoms with Gasteiger partial charge in [-0.15, -0.1) is 11.3 Å². The highest BCUT2D eigenvalue weighted by atomic mass is 35.5. The van der Waals surface area contributed by atoms with Crippen LogP contribution in [0.2, 0.25) is 5.02 Å². The van der Waals surface area contributed by atoms with Crippen molar-refractivity contribution in [1.29, 1.82) is 0 Å². The van der Waals surface area contributed by atoms with Crippen molar-refractivity contribution in [3.63, 3.8) is 0 Å². The number of aromatic nitrogens is 1. The van der Waals surface area contributed by atoms with Gasteiger partial charge in [0.25, 0.3) is 11.8 Å². The zero-order valence-corrected chi connectivity index (χ0v) is 22.3. The van der Waals surface area contributed by atoms with Gasteiger partial charge in [-0.2, -0.15) is 0 Å². The number of thiazole rings is 1. The van der Waals surface area contributed by atoms with Crippen molar-refractivity contribution < 1.29 is 9.59 Å². The molecule has 0 aliphatic carbocycles. The third-order valence-corrected chi connectivity index (χ3v) is 7.50. The Bertz CT molecular complexity index is 1240. The minimum atomic E-state index is -0.462. The summed E-state index contributed by atoms with van der Waals surface area (Å²) in [6.45, 7) is 1.62. The number of thiocarbonyl (C=S) groups is 1. The molecule has 3 N–H and O–H groups in total. The van der Waals surface area contributed by atoms with Gasteiger partial charge < -0.3 is 15.1 Å². The number of hydrogen-bond donors (Lipinski definition) is 3. The molecule has 1 aromatic heterocycles. The molecule has 2 amide bonds. The monoisotopic (exact) mass is 542 g/mol. The maximum absolute atomic E-state index is 12.5. The Morgan fingerprint density at radius 2 is 1.78 bits per heavy atom. The van der Waals surface area contributed by atoms with Crippen LogP contribution in [0.5, 0.6) is 0 Å². The number of anilines is 2. The summed E-state index contributed by atoms with van der Waals surface area (Å²) in [5, 5.41) is 7.10. The minimum Gasteiger partial charge on any atom is -0.378 e. The number of hydrazine groups is 1. The van der Waals surface area contributed by atoms with Crippen LogP contribution in [-0.4, -0.2) is 54.0 Å². The van der Waals surface area contributed by atoms with Crippen molar-refractivity contribution in [2.24, 2.45) is 0 Å². The first kappa shape index (κ1) is 25.9. The quantitative estimate of drug-likeness (QED) is 0.323. The van der Waals surface area contributed by atoms with Crippen LogP contribution < -0.4 is 21.1 Å². The molecule has 0 saturated carbocycles. The van der Waals surface area contributed by atoms with E-state index < -0.39 is 11.8 Å². The largest absolute Gasteiger partial charge is 0.378 e. The fraction of sp³-hybridized carbons (Fsp3) is 0.280. The molecule has 11 heteroatoms. The van der Waals surface area contributed by atoms with Crippen molar-refractivity contribution in [2.45, 2.75) is 18.8 Å². The topological polar surface area (TPSA) is 89.6 Å². The maximum Gasteiger partial charge on any atom is 0.289 e. The molecule has 1 aliphatic rings. The Balaban J connectivity index is 1.25. The zero-order valence-electron chi connectivity index (χ0n) is 20.0. The molecule has 4 rings (SSSR count). The van der Waals surface area contributed by atoms with Crippen molar-refractivity contribution in [1.82, 2.24) is 20.7 Å². The van der Waals surface area contributed by atoms with Gasteiger partial charge in [0.2, 0.25) is 0 Å². The number of nitrogens with zero attached hydrogens (tertiary/aromatic N) is 3. The first-order chi connectivity index (χ1) is 17.3. The van der Waals surface area contributed by atoms with E-state index in [4.69, 9.17) is 23.8 Å². The standard InChI is InChI=1S/C25H27ClN6O2S2/c1-31(2)20-8-6-19(7-9-20)27-25(35)32-12-10-16(11-13-32)24-28-21(15-36-24)23(34)30-29-22(33)17-4-3-5-18(26)14-17/h3-9,14-16H,10-13H2,1-2H3,(H,27,35)(H,29,33)(H,30,34). The first-order valence-corrected chi connectivity index (χ1v) is 13.1. The normalized spacial score (nSPS) is 13.7. The van der Waals surface area contributed by atoms with E-state index in [-0.39, 0.29) is 11.6 Å². The Kier molecular flexibility index (Phi) is 8.40. The molecule has 36 heavy (non-hydrogen) atoms. The Hall–Kier alpha value is -3.21. The average Bonchev–Trinajstić information content (AvgIpc) is 3.38. The number of likely N-dealkylation sites (tertiary alicyclic amines) is 1. The van der Waals surface area contributed by atoms with E-state index >= 15 is 0 Å². The van der Waals surface area contributed by atoms with E-state index in [0.717, 1.165) is 42.3 Å². The second-order valence-electron chi connectivity index (χ2n) is 8.62. The second-order valence-corrected chi connectivity index (χ2v) is 10.3. The molecule has 0 spiro atoms. The maximum atomic E-state index is 12.5. The highest BCUT2D eigenvalue weighted by Gasteiger charge is 2.25. The molecule has 188 valence electrons. The number of carbonyl (C=O) groups is 2. The molecule has 1 saturated heterocycles. The van der Waals surface area contributed by atoms with E-state index in [1.54, 1.807) is 23.6 Å². The van der Waals surface area contributed by atoms with Crippen molar-refractivity contribution in [3.8, 4) is 0 Å². The third kappa shape index (κ3) is 6.51. The van der Waals surface area contributed by atoms with Gasteiger partial charge in [-0.1, -0.05) is 17.7 Å². The van der Waals surface area contributed by atoms with Crippen molar-refractivity contribution in [2.75, 3.05) is 37.4 Å². The molecule has 1 fully saturated rings. The van der Waals surface area contributed by atoms with Crippen LogP contribution in [0.3, 0.4) is 0 Å². The number of benzene rings is 2. The predicted molar refractivity (Wildman–Crippen MR) is 149 cm³/mol. The fourth-order valence-corrected chi connectivity index (χ4v) is 5.30. The lowest BCUT2D eigenvalue weighted by atomic mass is 9.98. The Morgan fingerprint density at radius 1 is 1.08 bits per heavy atom. The molecule has 2 aromatic carbocycles. The van der Waals surface area contributed by atoms with Crippen LogP contribution in [0.4, 0.5) is 11.4 Å². The minimum absolute atomic E-state index is 0.260. The molecule has 2 heterocycles. The number of carbonyl (C=O) groups excluding carboxylic acids is 2. The SMILES string of the molecule is CN(C)c1ccc(NC(=S)N2CCC(c3nc(C(=O)NNC(=O)c4cccc(Cl)c4)cs3)CC2)cc1.